The topological polar surface area (TPSA) is 22.1 Å². The van der Waals surface area contributed by atoms with E-state index in [1.807, 2.05) is 51.1 Å². The normalized spacial score (nSPS) is 10.4. The van der Waals surface area contributed by atoms with E-state index in [1.165, 1.54) is 0 Å². The maximum atomic E-state index is 6.14. The Balaban J connectivity index is 2.36. The molecular weight excluding hydrogens is 270 g/mol. The van der Waals surface area contributed by atoms with E-state index in [9.17, 15) is 0 Å². The minimum Gasteiger partial charge on any atom is -0.486 e. The van der Waals surface area contributed by atoms with Crippen LogP contribution in [0.1, 0.15) is 29.3 Å². The van der Waals surface area contributed by atoms with Crippen molar-refractivity contribution in [2.24, 2.45) is 0 Å². The second-order valence-corrected chi connectivity index (χ2v) is 5.23. The molecule has 0 aliphatic carbocycles. The van der Waals surface area contributed by atoms with Crippen LogP contribution in [-0.4, -0.2) is 4.98 Å². The van der Waals surface area contributed by atoms with Gasteiger partial charge in [-0.15, -0.1) is 0 Å². The van der Waals surface area contributed by atoms with Gasteiger partial charge < -0.3 is 4.74 Å². The van der Waals surface area contributed by atoms with Crippen molar-refractivity contribution in [3.05, 3.63) is 64.4 Å². The van der Waals surface area contributed by atoms with Crippen LogP contribution >= 0.6 is 11.6 Å². The fourth-order valence-electron chi connectivity index (χ4n) is 2.16. The molecular formula is C17H18ClNO. The molecule has 1 heterocycles. The molecule has 0 N–H and O–H groups in total. The van der Waals surface area contributed by atoms with Crippen LogP contribution in [0.4, 0.5) is 0 Å². The molecule has 104 valence electrons. The lowest BCUT2D eigenvalue weighted by Crippen LogP contribution is -2.04. The highest BCUT2D eigenvalue weighted by Gasteiger charge is 2.16. The molecule has 0 saturated heterocycles. The van der Waals surface area contributed by atoms with Gasteiger partial charge in [-0.1, -0.05) is 48.5 Å². The number of aromatic nitrogens is 1. The number of nitrogens with zero attached hydrogens (tertiary/aromatic N) is 1. The summed E-state index contributed by atoms with van der Waals surface area (Å²) in [5.41, 5.74) is 4.70. The summed E-state index contributed by atoms with van der Waals surface area (Å²) in [5, 5.41) is 0.507. The Hall–Kier alpha value is -1.80. The number of hydrogen-bond acceptors (Lipinski definition) is 2. The average Bonchev–Trinajstić information content (AvgIpc) is 2.42. The number of halogens is 1. The van der Waals surface area contributed by atoms with E-state index in [0.29, 0.717) is 11.8 Å². The summed E-state index contributed by atoms with van der Waals surface area (Å²) in [6, 6.07) is 10.0. The number of pyridine rings is 1. The van der Waals surface area contributed by atoms with E-state index < -0.39 is 0 Å². The molecule has 0 aliphatic rings. The van der Waals surface area contributed by atoms with Crippen LogP contribution in [0.15, 0.2) is 36.9 Å². The van der Waals surface area contributed by atoms with E-state index in [1.54, 1.807) is 0 Å². The molecule has 0 unspecified atom stereocenters. The number of ether oxygens (including phenoxy) is 1. The first-order chi connectivity index (χ1) is 9.50. The van der Waals surface area contributed by atoms with Crippen LogP contribution in [0.5, 0.6) is 5.75 Å². The van der Waals surface area contributed by atoms with Gasteiger partial charge in [0.25, 0.3) is 0 Å². The fourth-order valence-corrected chi connectivity index (χ4v) is 2.38. The van der Waals surface area contributed by atoms with Crippen molar-refractivity contribution in [1.29, 1.82) is 0 Å². The molecule has 2 nitrogen and oxygen atoms in total. The van der Waals surface area contributed by atoms with Crippen molar-refractivity contribution >= 4 is 17.2 Å². The molecule has 0 aliphatic heterocycles. The van der Waals surface area contributed by atoms with Crippen molar-refractivity contribution in [2.45, 2.75) is 27.4 Å². The minimum absolute atomic E-state index is 0.505. The molecule has 2 rings (SSSR count). The van der Waals surface area contributed by atoms with Crippen LogP contribution in [-0.2, 0) is 6.61 Å². The summed E-state index contributed by atoms with van der Waals surface area (Å²) in [6.45, 7) is 10.3. The van der Waals surface area contributed by atoms with Gasteiger partial charge in [-0.3, -0.25) is 0 Å². The van der Waals surface area contributed by atoms with Gasteiger partial charge in [0, 0.05) is 5.56 Å². The summed E-state index contributed by atoms with van der Waals surface area (Å²) < 4.78 is 5.97. The van der Waals surface area contributed by atoms with Crippen molar-refractivity contribution in [1.82, 2.24) is 4.98 Å². The predicted molar refractivity (Wildman–Crippen MR) is 84.2 cm³/mol. The van der Waals surface area contributed by atoms with E-state index >= 15 is 0 Å². The second-order valence-electron chi connectivity index (χ2n) is 4.87. The number of benzene rings is 1. The monoisotopic (exact) mass is 287 g/mol. The lowest BCUT2D eigenvalue weighted by atomic mass is 10.0. The van der Waals surface area contributed by atoms with Crippen molar-refractivity contribution in [3.8, 4) is 5.75 Å². The Morgan fingerprint density at radius 3 is 2.50 bits per heavy atom. The third kappa shape index (κ3) is 3.02. The highest BCUT2D eigenvalue weighted by Crippen LogP contribution is 2.34. The molecule has 1 aromatic heterocycles. The molecule has 1 aromatic carbocycles. The SMILES string of the molecule is C=C(C)c1c(C)c(Cl)nc(C)c1OCc1ccccc1. The molecule has 0 spiro atoms. The Morgan fingerprint density at radius 2 is 1.90 bits per heavy atom. The van der Waals surface area contributed by atoms with E-state index in [0.717, 1.165) is 33.7 Å². The van der Waals surface area contributed by atoms with Gasteiger partial charge in [0.2, 0.25) is 0 Å². The van der Waals surface area contributed by atoms with Gasteiger partial charge in [-0.05, 0) is 37.5 Å². The maximum absolute atomic E-state index is 6.14. The molecule has 0 saturated carbocycles. The smallest absolute Gasteiger partial charge is 0.148 e. The van der Waals surface area contributed by atoms with Crippen molar-refractivity contribution in [3.63, 3.8) is 0 Å². The molecule has 0 bridgehead atoms. The highest BCUT2D eigenvalue weighted by molar-refractivity contribution is 6.30. The zero-order valence-electron chi connectivity index (χ0n) is 12.0. The standard InChI is InChI=1S/C17H18ClNO/c1-11(2)15-12(3)17(18)19-13(4)16(15)20-10-14-8-6-5-7-9-14/h5-9H,1,10H2,2-4H3. The molecule has 20 heavy (non-hydrogen) atoms. The van der Waals surface area contributed by atoms with E-state index in [4.69, 9.17) is 16.3 Å². The quantitative estimate of drug-likeness (QED) is 0.741. The van der Waals surface area contributed by atoms with Gasteiger partial charge in [0.05, 0.1) is 5.69 Å². The summed E-state index contributed by atoms with van der Waals surface area (Å²) >= 11 is 6.14. The summed E-state index contributed by atoms with van der Waals surface area (Å²) in [5.74, 6) is 0.767. The zero-order valence-corrected chi connectivity index (χ0v) is 12.8. The number of rotatable bonds is 4. The van der Waals surface area contributed by atoms with Crippen molar-refractivity contribution in [2.75, 3.05) is 0 Å². The first-order valence-corrected chi connectivity index (χ1v) is 6.87. The Bertz CT molecular complexity index is 635. The van der Waals surface area contributed by atoms with E-state index in [2.05, 4.69) is 11.6 Å². The first kappa shape index (κ1) is 14.6. The number of allylic oxidation sites excluding steroid dienone is 1. The molecule has 0 radical (unpaired) electrons. The predicted octanol–water partition coefficient (Wildman–Crippen LogP) is 4.96. The fraction of sp³-hybridized carbons (Fsp3) is 0.235. The molecule has 3 heteroatoms. The Labute approximate surface area is 125 Å². The third-order valence-corrected chi connectivity index (χ3v) is 3.53. The summed E-state index contributed by atoms with van der Waals surface area (Å²) in [6.07, 6.45) is 0. The molecule has 0 fully saturated rings. The zero-order chi connectivity index (χ0) is 14.7. The third-order valence-electron chi connectivity index (χ3n) is 3.16. The molecule has 0 atom stereocenters. The number of hydrogen-bond donors (Lipinski definition) is 0. The highest BCUT2D eigenvalue weighted by atomic mass is 35.5. The summed E-state index contributed by atoms with van der Waals surface area (Å²) in [7, 11) is 0. The van der Waals surface area contributed by atoms with Crippen LogP contribution in [0, 0.1) is 13.8 Å². The van der Waals surface area contributed by atoms with Crippen LogP contribution < -0.4 is 4.74 Å². The van der Waals surface area contributed by atoms with Gasteiger partial charge >= 0.3 is 0 Å². The van der Waals surface area contributed by atoms with E-state index in [-0.39, 0.29) is 0 Å². The first-order valence-electron chi connectivity index (χ1n) is 6.50. The lowest BCUT2D eigenvalue weighted by Gasteiger charge is -2.17. The van der Waals surface area contributed by atoms with Crippen LogP contribution in [0.25, 0.3) is 5.57 Å². The Morgan fingerprint density at radius 1 is 1.25 bits per heavy atom. The Kier molecular flexibility index (Phi) is 4.46. The minimum atomic E-state index is 0.505. The maximum Gasteiger partial charge on any atom is 0.148 e. The summed E-state index contributed by atoms with van der Waals surface area (Å²) in [4.78, 5) is 4.33. The van der Waals surface area contributed by atoms with Gasteiger partial charge in [0.1, 0.15) is 17.5 Å². The van der Waals surface area contributed by atoms with Gasteiger partial charge in [-0.2, -0.15) is 0 Å². The number of aryl methyl sites for hydroxylation is 1. The second kappa shape index (κ2) is 6.10. The largest absolute Gasteiger partial charge is 0.486 e. The van der Waals surface area contributed by atoms with Gasteiger partial charge in [-0.25, -0.2) is 4.98 Å². The van der Waals surface area contributed by atoms with Crippen LogP contribution in [0.2, 0.25) is 5.15 Å². The van der Waals surface area contributed by atoms with Crippen molar-refractivity contribution < 1.29 is 4.74 Å². The molecule has 0 amide bonds. The molecule has 2 aromatic rings. The lowest BCUT2D eigenvalue weighted by molar-refractivity contribution is 0.301. The van der Waals surface area contributed by atoms with Gasteiger partial charge in [0.15, 0.2) is 0 Å². The van der Waals surface area contributed by atoms with Crippen LogP contribution in [0.3, 0.4) is 0 Å². The average molecular weight is 288 g/mol.